The molecule has 0 radical (unpaired) electrons. The van der Waals surface area contributed by atoms with Crippen molar-refractivity contribution in [1.82, 2.24) is 5.32 Å². The SMILES string of the molecule is CCSCCC(CNC(C)C)Cc1ccccc1F. The first kappa shape index (κ1) is 16.5. The van der Waals surface area contributed by atoms with Crippen molar-refractivity contribution >= 4 is 11.8 Å². The molecule has 1 atom stereocenters. The molecule has 0 aliphatic heterocycles. The van der Waals surface area contributed by atoms with E-state index in [1.54, 1.807) is 12.1 Å². The molecule has 0 heterocycles. The van der Waals surface area contributed by atoms with Crippen molar-refractivity contribution in [3.63, 3.8) is 0 Å². The Morgan fingerprint density at radius 3 is 2.63 bits per heavy atom. The Balaban J connectivity index is 2.54. The molecular formula is C16H26FNS. The highest BCUT2D eigenvalue weighted by atomic mass is 32.2. The average Bonchev–Trinajstić information content (AvgIpc) is 2.38. The summed E-state index contributed by atoms with van der Waals surface area (Å²) in [4.78, 5) is 0. The van der Waals surface area contributed by atoms with E-state index in [0.29, 0.717) is 12.0 Å². The van der Waals surface area contributed by atoms with Crippen LogP contribution in [0, 0.1) is 11.7 Å². The lowest BCUT2D eigenvalue weighted by Crippen LogP contribution is -2.30. The van der Waals surface area contributed by atoms with E-state index in [4.69, 9.17) is 0 Å². The minimum absolute atomic E-state index is 0.0693. The number of hydrogen-bond donors (Lipinski definition) is 1. The molecule has 1 nitrogen and oxygen atoms in total. The molecule has 0 aliphatic carbocycles. The van der Waals surface area contributed by atoms with Crippen molar-refractivity contribution < 1.29 is 4.39 Å². The van der Waals surface area contributed by atoms with Gasteiger partial charge in [0, 0.05) is 6.04 Å². The van der Waals surface area contributed by atoms with E-state index in [9.17, 15) is 4.39 Å². The van der Waals surface area contributed by atoms with Crippen LogP contribution in [0.3, 0.4) is 0 Å². The van der Waals surface area contributed by atoms with Gasteiger partial charge in [-0.05, 0) is 48.4 Å². The fourth-order valence-electron chi connectivity index (χ4n) is 2.05. The van der Waals surface area contributed by atoms with Gasteiger partial charge in [0.05, 0.1) is 0 Å². The maximum Gasteiger partial charge on any atom is 0.126 e. The van der Waals surface area contributed by atoms with Gasteiger partial charge in [-0.2, -0.15) is 11.8 Å². The van der Waals surface area contributed by atoms with Crippen LogP contribution in [0.1, 0.15) is 32.8 Å². The summed E-state index contributed by atoms with van der Waals surface area (Å²) in [6.07, 6.45) is 1.98. The lowest BCUT2D eigenvalue weighted by atomic mass is 9.96. The second kappa shape index (κ2) is 9.38. The smallest absolute Gasteiger partial charge is 0.126 e. The van der Waals surface area contributed by atoms with Gasteiger partial charge in [-0.1, -0.05) is 39.0 Å². The molecule has 19 heavy (non-hydrogen) atoms. The third kappa shape index (κ3) is 6.98. The van der Waals surface area contributed by atoms with Crippen LogP contribution < -0.4 is 5.32 Å². The zero-order valence-electron chi connectivity index (χ0n) is 12.3. The van der Waals surface area contributed by atoms with Crippen LogP contribution in [-0.2, 0) is 6.42 Å². The molecule has 0 aromatic heterocycles. The Hall–Kier alpha value is -0.540. The van der Waals surface area contributed by atoms with Gasteiger partial charge >= 0.3 is 0 Å². The van der Waals surface area contributed by atoms with Gasteiger partial charge in [-0.25, -0.2) is 4.39 Å². The van der Waals surface area contributed by atoms with Crippen LogP contribution in [-0.4, -0.2) is 24.1 Å². The van der Waals surface area contributed by atoms with Crippen molar-refractivity contribution in [2.24, 2.45) is 5.92 Å². The molecule has 0 bridgehead atoms. The predicted molar refractivity (Wildman–Crippen MR) is 84.3 cm³/mol. The third-order valence-corrected chi connectivity index (χ3v) is 4.09. The minimum atomic E-state index is -0.0693. The van der Waals surface area contributed by atoms with E-state index in [0.717, 1.165) is 36.5 Å². The van der Waals surface area contributed by atoms with Gasteiger partial charge in [-0.15, -0.1) is 0 Å². The highest BCUT2D eigenvalue weighted by Gasteiger charge is 2.12. The Morgan fingerprint density at radius 1 is 1.26 bits per heavy atom. The van der Waals surface area contributed by atoms with Crippen molar-refractivity contribution in [2.75, 3.05) is 18.1 Å². The Labute approximate surface area is 121 Å². The number of nitrogens with one attached hydrogen (secondary N) is 1. The largest absolute Gasteiger partial charge is 0.314 e. The molecule has 1 rings (SSSR count). The Bertz CT molecular complexity index is 354. The topological polar surface area (TPSA) is 12.0 Å². The summed E-state index contributed by atoms with van der Waals surface area (Å²) in [6.45, 7) is 7.46. The molecule has 0 spiro atoms. The van der Waals surface area contributed by atoms with Crippen LogP contribution in [0.25, 0.3) is 0 Å². The fourth-order valence-corrected chi connectivity index (χ4v) is 2.84. The van der Waals surface area contributed by atoms with Crippen molar-refractivity contribution in [2.45, 2.75) is 39.7 Å². The van der Waals surface area contributed by atoms with Gasteiger partial charge in [-0.3, -0.25) is 0 Å². The van der Waals surface area contributed by atoms with E-state index < -0.39 is 0 Å². The van der Waals surface area contributed by atoms with E-state index in [-0.39, 0.29) is 5.82 Å². The second-order valence-electron chi connectivity index (χ2n) is 5.21. The predicted octanol–water partition coefficient (Wildman–Crippen LogP) is 4.13. The van der Waals surface area contributed by atoms with Crippen LogP contribution in [0.2, 0.25) is 0 Å². The Kier molecular flexibility index (Phi) is 8.15. The molecule has 0 saturated carbocycles. The zero-order chi connectivity index (χ0) is 14.1. The van der Waals surface area contributed by atoms with Crippen LogP contribution >= 0.6 is 11.8 Å². The molecule has 1 aromatic carbocycles. The first-order chi connectivity index (χ1) is 9.13. The molecule has 108 valence electrons. The van der Waals surface area contributed by atoms with Crippen molar-refractivity contribution in [3.8, 4) is 0 Å². The standard InChI is InChI=1S/C16H26FNS/c1-4-19-10-9-14(12-18-13(2)3)11-15-7-5-6-8-16(15)17/h5-8,13-14,18H,4,9-12H2,1-3H3. The summed E-state index contributed by atoms with van der Waals surface area (Å²) in [7, 11) is 0. The molecule has 0 amide bonds. The third-order valence-electron chi connectivity index (χ3n) is 3.16. The number of halogens is 1. The van der Waals surface area contributed by atoms with Gasteiger partial charge in [0.2, 0.25) is 0 Å². The first-order valence-electron chi connectivity index (χ1n) is 7.18. The number of thioether (sulfide) groups is 1. The average molecular weight is 283 g/mol. The molecule has 0 aliphatic rings. The highest BCUT2D eigenvalue weighted by Crippen LogP contribution is 2.17. The van der Waals surface area contributed by atoms with E-state index in [2.05, 4.69) is 26.1 Å². The lowest BCUT2D eigenvalue weighted by molar-refractivity contribution is 0.431. The lowest BCUT2D eigenvalue weighted by Gasteiger charge is -2.19. The zero-order valence-corrected chi connectivity index (χ0v) is 13.1. The maximum atomic E-state index is 13.7. The van der Waals surface area contributed by atoms with E-state index in [1.165, 1.54) is 0 Å². The quantitative estimate of drug-likeness (QED) is 0.684. The summed E-state index contributed by atoms with van der Waals surface area (Å²) in [5.74, 6) is 2.76. The van der Waals surface area contributed by atoms with E-state index in [1.807, 2.05) is 23.9 Å². The molecule has 1 N–H and O–H groups in total. The van der Waals surface area contributed by atoms with Crippen LogP contribution in [0.4, 0.5) is 4.39 Å². The van der Waals surface area contributed by atoms with Crippen molar-refractivity contribution in [3.05, 3.63) is 35.6 Å². The molecule has 3 heteroatoms. The number of rotatable bonds is 9. The summed E-state index contributed by atoms with van der Waals surface area (Å²) >= 11 is 1.96. The monoisotopic (exact) mass is 283 g/mol. The fraction of sp³-hybridized carbons (Fsp3) is 0.625. The summed E-state index contributed by atoms with van der Waals surface area (Å²) in [5, 5.41) is 3.48. The van der Waals surface area contributed by atoms with Crippen LogP contribution in [0.15, 0.2) is 24.3 Å². The van der Waals surface area contributed by atoms with Crippen molar-refractivity contribution in [1.29, 1.82) is 0 Å². The Morgan fingerprint density at radius 2 is 2.00 bits per heavy atom. The molecule has 0 saturated heterocycles. The van der Waals surface area contributed by atoms with Gasteiger partial charge in [0.15, 0.2) is 0 Å². The summed E-state index contributed by atoms with van der Waals surface area (Å²) in [6, 6.07) is 7.63. The second-order valence-corrected chi connectivity index (χ2v) is 6.60. The summed E-state index contributed by atoms with van der Waals surface area (Å²) < 4.78 is 13.7. The maximum absolute atomic E-state index is 13.7. The number of hydrogen-bond acceptors (Lipinski definition) is 2. The van der Waals surface area contributed by atoms with Gasteiger partial charge in [0.25, 0.3) is 0 Å². The molecule has 1 unspecified atom stereocenters. The van der Waals surface area contributed by atoms with E-state index >= 15 is 0 Å². The molecule has 1 aromatic rings. The number of benzene rings is 1. The van der Waals surface area contributed by atoms with Crippen LogP contribution in [0.5, 0.6) is 0 Å². The normalized spacial score (nSPS) is 12.9. The van der Waals surface area contributed by atoms with Gasteiger partial charge in [0.1, 0.15) is 5.82 Å². The first-order valence-corrected chi connectivity index (χ1v) is 8.33. The van der Waals surface area contributed by atoms with Gasteiger partial charge < -0.3 is 5.32 Å². The minimum Gasteiger partial charge on any atom is -0.314 e. The highest BCUT2D eigenvalue weighted by molar-refractivity contribution is 7.99. The molecule has 0 fully saturated rings. The molecular weight excluding hydrogens is 257 g/mol. The summed E-state index contributed by atoms with van der Waals surface area (Å²) in [5.41, 5.74) is 0.847.